The molecule has 2 heterocycles. The molecule has 0 N–H and O–H groups in total. The molecule has 0 unspecified atom stereocenters. The largest absolute Gasteiger partial charge is 0.493 e. The highest BCUT2D eigenvalue weighted by Crippen LogP contribution is 2.32. The van der Waals surface area contributed by atoms with E-state index in [1.54, 1.807) is 56.5 Å². The molecule has 9 nitrogen and oxygen atoms in total. The summed E-state index contributed by atoms with van der Waals surface area (Å²) in [5.41, 5.74) is 1.71. The van der Waals surface area contributed by atoms with E-state index < -0.39 is 18.0 Å². The third-order valence-electron chi connectivity index (χ3n) is 5.74. The van der Waals surface area contributed by atoms with E-state index >= 15 is 0 Å². The number of rotatable bonds is 8. The molecule has 1 aliphatic rings. The lowest BCUT2D eigenvalue weighted by molar-refractivity contribution is -0.138. The van der Waals surface area contributed by atoms with Gasteiger partial charge in [0.15, 0.2) is 16.3 Å². The first-order valence-corrected chi connectivity index (χ1v) is 12.4. The van der Waals surface area contributed by atoms with Crippen LogP contribution in [0.3, 0.4) is 0 Å². The van der Waals surface area contributed by atoms with Crippen LogP contribution in [0.15, 0.2) is 76.2 Å². The summed E-state index contributed by atoms with van der Waals surface area (Å²) in [6.07, 6.45) is 3.21. The van der Waals surface area contributed by atoms with Crippen LogP contribution in [-0.2, 0) is 14.3 Å². The fourth-order valence-electron chi connectivity index (χ4n) is 4.09. The normalized spacial score (nSPS) is 14.8. The number of aromatic nitrogens is 1. The molecule has 3 aromatic rings. The molecule has 0 aliphatic carbocycles. The molecule has 0 saturated heterocycles. The Kier molecular flexibility index (Phi) is 7.92. The van der Waals surface area contributed by atoms with E-state index in [2.05, 4.69) is 11.6 Å². The second kappa shape index (κ2) is 11.3. The summed E-state index contributed by atoms with van der Waals surface area (Å²) >= 11 is 1.21. The monoisotopic (exact) mass is 534 g/mol. The number of hydrogen-bond acceptors (Lipinski definition) is 9. The fourth-order valence-corrected chi connectivity index (χ4v) is 5.14. The Labute approximate surface area is 222 Å². The number of allylic oxidation sites excluding steroid dienone is 1. The summed E-state index contributed by atoms with van der Waals surface area (Å²) in [7, 11) is 3.09. The molecule has 0 bridgehead atoms. The van der Waals surface area contributed by atoms with Crippen LogP contribution in [-0.4, -0.2) is 37.3 Å². The van der Waals surface area contributed by atoms with Crippen LogP contribution in [0, 0.1) is 0 Å². The summed E-state index contributed by atoms with van der Waals surface area (Å²) in [6.45, 7) is 6.62. The number of methoxy groups -OCH3 is 2. The second-order valence-electron chi connectivity index (χ2n) is 8.25. The number of hydrogen-bond donors (Lipinski definition) is 0. The van der Waals surface area contributed by atoms with Crippen molar-refractivity contribution in [1.29, 1.82) is 0 Å². The molecule has 38 heavy (non-hydrogen) atoms. The molecule has 10 heteroatoms. The van der Waals surface area contributed by atoms with Gasteiger partial charge in [0, 0.05) is 6.92 Å². The Morgan fingerprint density at radius 2 is 1.82 bits per heavy atom. The van der Waals surface area contributed by atoms with Gasteiger partial charge in [0.1, 0.15) is 12.4 Å². The van der Waals surface area contributed by atoms with E-state index in [1.807, 2.05) is 6.07 Å². The van der Waals surface area contributed by atoms with Gasteiger partial charge in [0.05, 0.1) is 36.1 Å². The fraction of sp³-hybridized carbons (Fsp3) is 0.214. The van der Waals surface area contributed by atoms with Crippen LogP contribution in [0.1, 0.15) is 31.0 Å². The van der Waals surface area contributed by atoms with Crippen LogP contribution >= 0.6 is 11.3 Å². The number of carbonyl (C=O) groups excluding carboxylic acids is 2. The van der Waals surface area contributed by atoms with Gasteiger partial charge in [-0.2, -0.15) is 0 Å². The van der Waals surface area contributed by atoms with Crippen LogP contribution in [0.5, 0.6) is 17.2 Å². The molecule has 1 aliphatic heterocycles. The van der Waals surface area contributed by atoms with E-state index in [4.69, 9.17) is 18.9 Å². The van der Waals surface area contributed by atoms with Gasteiger partial charge < -0.3 is 18.9 Å². The molecule has 1 atom stereocenters. The van der Waals surface area contributed by atoms with Gasteiger partial charge in [-0.3, -0.25) is 14.2 Å². The molecule has 0 saturated carbocycles. The van der Waals surface area contributed by atoms with Crippen molar-refractivity contribution >= 4 is 29.4 Å². The molecular weight excluding hydrogens is 508 g/mol. The van der Waals surface area contributed by atoms with Crippen molar-refractivity contribution in [3.8, 4) is 17.2 Å². The lowest BCUT2D eigenvalue weighted by Gasteiger charge is -2.24. The number of thiazole rings is 1. The molecule has 0 radical (unpaired) electrons. The molecule has 196 valence electrons. The van der Waals surface area contributed by atoms with Crippen molar-refractivity contribution in [3.63, 3.8) is 0 Å². The average Bonchev–Trinajstić information content (AvgIpc) is 3.20. The number of carbonyl (C=O) groups is 2. The maximum atomic E-state index is 13.7. The average molecular weight is 535 g/mol. The summed E-state index contributed by atoms with van der Waals surface area (Å²) in [6, 6.07) is 11.2. The van der Waals surface area contributed by atoms with E-state index in [0.717, 1.165) is 5.56 Å². The summed E-state index contributed by atoms with van der Waals surface area (Å²) in [5, 5.41) is 0. The van der Waals surface area contributed by atoms with Crippen LogP contribution < -0.4 is 29.1 Å². The maximum Gasteiger partial charge on any atom is 0.338 e. The minimum absolute atomic E-state index is 0.0114. The van der Waals surface area contributed by atoms with Gasteiger partial charge in [-0.15, -0.1) is 0 Å². The van der Waals surface area contributed by atoms with E-state index in [1.165, 1.54) is 36.0 Å². The standard InChI is InChI=1S/C28H26N2O7S/c1-6-13-36-27(33)24-16(2)29-28-30(25(24)19-8-10-20(11-9-19)37-17(3)31)26(32)23(38-28)15-18-7-12-21(34-4)22(14-18)35-5/h6-12,14-15,25H,1,13H2,2-5H3/b23-15-/t25-/m1/s1. The topological polar surface area (TPSA) is 105 Å². The summed E-state index contributed by atoms with van der Waals surface area (Å²) < 4.78 is 23.1. The first kappa shape index (κ1) is 26.6. The Bertz CT molecular complexity index is 1610. The van der Waals surface area contributed by atoms with Crippen molar-refractivity contribution < 1.29 is 28.5 Å². The quantitative estimate of drug-likeness (QED) is 0.249. The van der Waals surface area contributed by atoms with Crippen LogP contribution in [0.2, 0.25) is 0 Å². The zero-order valence-corrected chi connectivity index (χ0v) is 22.2. The number of benzene rings is 2. The van der Waals surface area contributed by atoms with Gasteiger partial charge in [0.25, 0.3) is 5.56 Å². The van der Waals surface area contributed by atoms with Crippen molar-refractivity contribution in [2.75, 3.05) is 20.8 Å². The van der Waals surface area contributed by atoms with Gasteiger partial charge in [-0.1, -0.05) is 42.2 Å². The number of esters is 2. The highest BCUT2D eigenvalue weighted by atomic mass is 32.1. The van der Waals surface area contributed by atoms with E-state index in [0.29, 0.717) is 37.8 Å². The van der Waals surface area contributed by atoms with Crippen LogP contribution in [0.25, 0.3) is 6.08 Å². The van der Waals surface area contributed by atoms with Gasteiger partial charge in [-0.05, 0) is 48.4 Å². The van der Waals surface area contributed by atoms with Crippen molar-refractivity contribution in [2.24, 2.45) is 4.99 Å². The Morgan fingerprint density at radius 1 is 1.11 bits per heavy atom. The predicted octanol–water partition coefficient (Wildman–Crippen LogP) is 2.91. The van der Waals surface area contributed by atoms with Crippen LogP contribution in [0.4, 0.5) is 0 Å². The minimum atomic E-state index is -0.803. The maximum absolute atomic E-state index is 13.7. The molecule has 2 aromatic carbocycles. The highest BCUT2D eigenvalue weighted by molar-refractivity contribution is 7.07. The Balaban J connectivity index is 1.88. The van der Waals surface area contributed by atoms with Crippen molar-refractivity contribution in [1.82, 2.24) is 4.57 Å². The molecular formula is C28H26N2O7S. The summed E-state index contributed by atoms with van der Waals surface area (Å²) in [5.74, 6) is 0.391. The molecule has 0 fully saturated rings. The molecule has 0 amide bonds. The molecule has 1 aromatic heterocycles. The Morgan fingerprint density at radius 3 is 2.45 bits per heavy atom. The lowest BCUT2D eigenvalue weighted by atomic mass is 9.96. The van der Waals surface area contributed by atoms with Crippen molar-refractivity contribution in [2.45, 2.75) is 19.9 Å². The molecule has 4 rings (SSSR count). The smallest absolute Gasteiger partial charge is 0.338 e. The first-order valence-electron chi connectivity index (χ1n) is 11.6. The first-order chi connectivity index (χ1) is 18.3. The third-order valence-corrected chi connectivity index (χ3v) is 6.72. The number of ether oxygens (including phenoxy) is 4. The van der Waals surface area contributed by atoms with E-state index in [9.17, 15) is 14.4 Å². The minimum Gasteiger partial charge on any atom is -0.493 e. The number of nitrogens with zero attached hydrogens (tertiary/aromatic N) is 2. The summed E-state index contributed by atoms with van der Waals surface area (Å²) in [4.78, 5) is 43.2. The third kappa shape index (κ3) is 5.30. The zero-order valence-electron chi connectivity index (χ0n) is 21.3. The predicted molar refractivity (Wildman–Crippen MR) is 142 cm³/mol. The zero-order chi connectivity index (χ0) is 27.4. The second-order valence-corrected chi connectivity index (χ2v) is 9.26. The SMILES string of the molecule is C=CCOC(=O)C1=C(C)N=c2s/c(=C\c3ccc(OC)c(OC)c3)c(=O)n2[C@@H]1c1ccc(OC(C)=O)cc1. The lowest BCUT2D eigenvalue weighted by Crippen LogP contribution is -2.39. The highest BCUT2D eigenvalue weighted by Gasteiger charge is 2.33. The Hall–Kier alpha value is -4.44. The number of fused-ring (bicyclic) bond motifs is 1. The molecule has 0 spiro atoms. The van der Waals surface area contributed by atoms with Gasteiger partial charge in [-0.25, -0.2) is 9.79 Å². The van der Waals surface area contributed by atoms with E-state index in [-0.39, 0.29) is 17.7 Å². The van der Waals surface area contributed by atoms with Crippen molar-refractivity contribution in [3.05, 3.63) is 97.2 Å². The van der Waals surface area contributed by atoms with Gasteiger partial charge in [0.2, 0.25) is 0 Å². The van der Waals surface area contributed by atoms with Gasteiger partial charge >= 0.3 is 11.9 Å².